The van der Waals surface area contributed by atoms with Gasteiger partial charge in [-0.1, -0.05) is 37.6 Å². The molecule has 0 fully saturated rings. The van der Waals surface area contributed by atoms with Gasteiger partial charge in [0, 0.05) is 27.9 Å². The number of esters is 2. The van der Waals surface area contributed by atoms with E-state index in [9.17, 15) is 14.4 Å². The second kappa shape index (κ2) is 9.27. The minimum absolute atomic E-state index is 0.229. The average Bonchev–Trinajstić information content (AvgIpc) is 2.72. The summed E-state index contributed by atoms with van der Waals surface area (Å²) in [5.74, 6) is -3.22. The molecule has 1 heterocycles. The Labute approximate surface area is 187 Å². The molecule has 0 radical (unpaired) electrons. The number of ketones is 1. The van der Waals surface area contributed by atoms with Crippen molar-refractivity contribution >= 4 is 29.3 Å². The van der Waals surface area contributed by atoms with E-state index in [4.69, 9.17) is 21.1 Å². The number of dihydropyridines is 1. The first-order chi connectivity index (χ1) is 14.7. The summed E-state index contributed by atoms with van der Waals surface area (Å²) in [6.07, 6.45) is 0.888. The third-order valence-corrected chi connectivity index (χ3v) is 6.26. The van der Waals surface area contributed by atoms with Gasteiger partial charge in [-0.15, -0.1) is 0 Å². The molecular weight excluding hydrogens is 418 g/mol. The Morgan fingerprint density at radius 1 is 1.32 bits per heavy atom. The molecule has 1 aliphatic heterocycles. The first kappa shape index (κ1) is 23.1. The summed E-state index contributed by atoms with van der Waals surface area (Å²) < 4.78 is 10.5. The molecule has 1 N–H and O–H groups in total. The number of Topliss-reactive ketones (excluding diaryl/α,β-unsaturated/α-hetero) is 1. The largest absolute Gasteiger partial charge is 0.468 e. The molecule has 0 unspecified atom stereocenters. The zero-order valence-electron chi connectivity index (χ0n) is 18.5. The lowest BCUT2D eigenvalue weighted by atomic mass is 9.69. The molecule has 1 aliphatic carbocycles. The molecule has 6 nitrogen and oxygen atoms in total. The predicted octanol–water partition coefficient (Wildman–Crippen LogP) is 4.29. The van der Waals surface area contributed by atoms with Gasteiger partial charge in [0.2, 0.25) is 0 Å². The highest BCUT2D eigenvalue weighted by molar-refractivity contribution is 6.30. The quantitative estimate of drug-likeness (QED) is 0.537. The van der Waals surface area contributed by atoms with Gasteiger partial charge in [-0.2, -0.15) is 0 Å². The van der Waals surface area contributed by atoms with Crippen molar-refractivity contribution in [2.24, 2.45) is 11.8 Å². The molecule has 7 heteroatoms. The average molecular weight is 446 g/mol. The van der Waals surface area contributed by atoms with E-state index in [1.54, 1.807) is 25.1 Å². The van der Waals surface area contributed by atoms with Crippen molar-refractivity contribution < 1.29 is 23.9 Å². The van der Waals surface area contributed by atoms with Gasteiger partial charge in [0.15, 0.2) is 5.78 Å². The lowest BCUT2D eigenvalue weighted by molar-refractivity contribution is -0.151. The van der Waals surface area contributed by atoms with Gasteiger partial charge in [0.25, 0.3) is 0 Å². The van der Waals surface area contributed by atoms with Crippen LogP contribution in [0.1, 0.15) is 52.0 Å². The third kappa shape index (κ3) is 4.40. The van der Waals surface area contributed by atoms with Crippen molar-refractivity contribution in [3.8, 4) is 0 Å². The van der Waals surface area contributed by atoms with E-state index < -0.39 is 23.8 Å². The summed E-state index contributed by atoms with van der Waals surface area (Å²) in [7, 11) is 1.28. The van der Waals surface area contributed by atoms with Gasteiger partial charge in [-0.25, -0.2) is 4.79 Å². The van der Waals surface area contributed by atoms with Gasteiger partial charge < -0.3 is 14.8 Å². The lowest BCUT2D eigenvalue weighted by Gasteiger charge is -2.38. The van der Waals surface area contributed by atoms with Crippen LogP contribution in [-0.2, 0) is 23.9 Å². The summed E-state index contributed by atoms with van der Waals surface area (Å²) in [5.41, 5.74) is 2.81. The Morgan fingerprint density at radius 2 is 2.03 bits per heavy atom. The SMILES string of the molecule is CC[C@H](C)OC(=O)C1=C(C)NC2=C(C(=O)[C@H](C(=O)OC)[C@@H](C)C2)[C@H]1c1cccc(Cl)c1. The van der Waals surface area contributed by atoms with Crippen LogP contribution in [0.2, 0.25) is 5.02 Å². The molecular formula is C24H28ClNO5. The van der Waals surface area contributed by atoms with Crippen LogP contribution in [0.25, 0.3) is 0 Å². The standard InChI is InChI=1S/C24H28ClNO5/c1-6-13(3)31-24(29)19-14(4)26-17-10-12(2)18(23(28)30-5)22(27)21(17)20(19)15-8-7-9-16(25)11-15/h7-9,11-13,18,20,26H,6,10H2,1-5H3/t12-,13-,18+,20-/m0/s1. The van der Waals surface area contributed by atoms with E-state index in [1.165, 1.54) is 7.11 Å². The van der Waals surface area contributed by atoms with E-state index in [-0.39, 0.29) is 17.8 Å². The maximum absolute atomic E-state index is 13.6. The van der Waals surface area contributed by atoms with Gasteiger partial charge in [-0.3, -0.25) is 9.59 Å². The number of rotatable bonds is 5. The highest BCUT2D eigenvalue weighted by Gasteiger charge is 2.47. The Bertz CT molecular complexity index is 980. The van der Waals surface area contributed by atoms with Crippen molar-refractivity contribution in [1.82, 2.24) is 5.32 Å². The first-order valence-electron chi connectivity index (χ1n) is 10.5. The van der Waals surface area contributed by atoms with E-state index in [2.05, 4.69) is 5.32 Å². The second-order valence-corrected chi connectivity index (χ2v) is 8.65. The minimum atomic E-state index is -0.919. The molecule has 0 saturated carbocycles. The highest BCUT2D eigenvalue weighted by atomic mass is 35.5. The number of allylic oxidation sites excluding steroid dienone is 3. The minimum Gasteiger partial charge on any atom is -0.468 e. The van der Waals surface area contributed by atoms with E-state index >= 15 is 0 Å². The molecule has 2 aliphatic rings. The molecule has 0 amide bonds. The van der Waals surface area contributed by atoms with Crippen LogP contribution in [0.15, 0.2) is 46.8 Å². The smallest absolute Gasteiger partial charge is 0.337 e. The molecule has 0 saturated heterocycles. The fraction of sp³-hybridized carbons (Fsp3) is 0.458. The molecule has 4 atom stereocenters. The highest BCUT2D eigenvalue weighted by Crippen LogP contribution is 2.45. The molecule has 1 aromatic rings. The number of methoxy groups -OCH3 is 1. The molecule has 3 rings (SSSR count). The van der Waals surface area contributed by atoms with Crippen LogP contribution < -0.4 is 5.32 Å². The zero-order chi connectivity index (χ0) is 22.9. The van der Waals surface area contributed by atoms with Crippen LogP contribution in [0.4, 0.5) is 0 Å². The van der Waals surface area contributed by atoms with Crippen molar-refractivity contribution in [2.45, 2.75) is 52.6 Å². The first-order valence-corrected chi connectivity index (χ1v) is 10.9. The second-order valence-electron chi connectivity index (χ2n) is 8.21. The summed E-state index contributed by atoms with van der Waals surface area (Å²) in [6.45, 7) is 7.41. The number of carbonyl (C=O) groups excluding carboxylic acids is 3. The van der Waals surface area contributed by atoms with Gasteiger partial charge in [-0.05, 0) is 50.3 Å². The normalized spacial score (nSPS) is 24.3. The van der Waals surface area contributed by atoms with Crippen LogP contribution in [0, 0.1) is 11.8 Å². The number of ether oxygens (including phenoxy) is 2. The van der Waals surface area contributed by atoms with Crippen molar-refractivity contribution in [2.75, 3.05) is 7.11 Å². The summed E-state index contributed by atoms with van der Waals surface area (Å²) in [6, 6.07) is 7.08. The number of halogens is 1. The number of nitrogens with one attached hydrogen (secondary N) is 1. The van der Waals surface area contributed by atoms with Crippen LogP contribution >= 0.6 is 11.6 Å². The monoisotopic (exact) mass is 445 g/mol. The van der Waals surface area contributed by atoms with Crippen LogP contribution in [0.5, 0.6) is 0 Å². The summed E-state index contributed by atoms with van der Waals surface area (Å²) in [4.78, 5) is 39.2. The zero-order valence-corrected chi connectivity index (χ0v) is 19.2. The van der Waals surface area contributed by atoms with E-state index in [0.29, 0.717) is 40.3 Å². The Kier molecular flexibility index (Phi) is 6.90. The third-order valence-electron chi connectivity index (χ3n) is 6.03. The van der Waals surface area contributed by atoms with Gasteiger partial charge >= 0.3 is 11.9 Å². The van der Waals surface area contributed by atoms with E-state index in [1.807, 2.05) is 26.8 Å². The summed E-state index contributed by atoms with van der Waals surface area (Å²) in [5, 5.41) is 3.74. The molecule has 31 heavy (non-hydrogen) atoms. The van der Waals surface area contributed by atoms with Crippen LogP contribution in [-0.4, -0.2) is 30.9 Å². The molecule has 166 valence electrons. The Balaban J connectivity index is 2.17. The maximum atomic E-state index is 13.6. The number of benzene rings is 1. The predicted molar refractivity (Wildman–Crippen MR) is 117 cm³/mol. The fourth-order valence-electron chi connectivity index (χ4n) is 4.30. The topological polar surface area (TPSA) is 81.7 Å². The fourth-order valence-corrected chi connectivity index (χ4v) is 4.50. The maximum Gasteiger partial charge on any atom is 0.337 e. The van der Waals surface area contributed by atoms with Crippen molar-refractivity contribution in [1.29, 1.82) is 0 Å². The van der Waals surface area contributed by atoms with Gasteiger partial charge in [0.05, 0.1) is 18.8 Å². The molecule has 0 aromatic heterocycles. The molecule has 0 spiro atoms. The van der Waals surface area contributed by atoms with Crippen LogP contribution in [0.3, 0.4) is 0 Å². The summed E-state index contributed by atoms with van der Waals surface area (Å²) >= 11 is 6.25. The Hall–Kier alpha value is -2.60. The van der Waals surface area contributed by atoms with Crippen molar-refractivity contribution in [3.63, 3.8) is 0 Å². The number of hydrogen-bond donors (Lipinski definition) is 1. The number of hydrogen-bond acceptors (Lipinski definition) is 6. The molecule has 1 aromatic carbocycles. The number of carbonyl (C=O) groups is 3. The van der Waals surface area contributed by atoms with Crippen molar-refractivity contribution in [3.05, 3.63) is 57.4 Å². The molecule has 0 bridgehead atoms. The lowest BCUT2D eigenvalue weighted by Crippen LogP contribution is -2.43. The van der Waals surface area contributed by atoms with Gasteiger partial charge in [0.1, 0.15) is 5.92 Å². The Morgan fingerprint density at radius 3 is 2.65 bits per heavy atom. The van der Waals surface area contributed by atoms with E-state index in [0.717, 1.165) is 5.70 Å².